The molecule has 0 spiro atoms. The first-order valence-corrected chi connectivity index (χ1v) is 3.42. The van der Waals surface area contributed by atoms with Gasteiger partial charge in [0, 0.05) is 6.20 Å². The molecule has 0 radical (unpaired) electrons. The predicted octanol–water partition coefficient (Wildman–Crippen LogP) is -0.856. The van der Waals surface area contributed by atoms with Gasteiger partial charge in [-0.05, 0) is 12.1 Å². The fourth-order valence-corrected chi connectivity index (χ4v) is 0.779. The number of hydrazine groups is 1. The van der Waals surface area contributed by atoms with Crippen molar-refractivity contribution in [2.24, 2.45) is 11.6 Å². The Labute approximate surface area is 69.7 Å². The smallest absolute Gasteiger partial charge is 0.250 e. The number of nitrogens with zero attached hydrogens (tertiary/aromatic N) is 1. The van der Waals surface area contributed by atoms with Gasteiger partial charge < -0.3 is 5.73 Å². The van der Waals surface area contributed by atoms with E-state index in [1.807, 2.05) is 0 Å². The number of hydrogen-bond acceptors (Lipinski definition) is 4. The summed E-state index contributed by atoms with van der Waals surface area (Å²) < 4.78 is 0. The lowest BCUT2D eigenvalue weighted by Gasteiger charge is -1.98. The summed E-state index contributed by atoms with van der Waals surface area (Å²) in [6.45, 7) is 0.471. The molecule has 0 aliphatic carbocycles. The van der Waals surface area contributed by atoms with Crippen LogP contribution in [0.5, 0.6) is 0 Å². The fourth-order valence-electron chi connectivity index (χ4n) is 0.779. The number of nitrogens with one attached hydrogen (secondary N) is 1. The van der Waals surface area contributed by atoms with Crippen molar-refractivity contribution in [2.45, 2.75) is 6.54 Å². The number of amides is 1. The summed E-state index contributed by atoms with van der Waals surface area (Å²) in [5.74, 6) is 4.60. The SMILES string of the molecule is NNCc1ccc(C(N)=O)cn1. The van der Waals surface area contributed by atoms with Crippen molar-refractivity contribution in [1.82, 2.24) is 10.4 Å². The number of carbonyl (C=O) groups excluding carboxylic acids is 1. The van der Waals surface area contributed by atoms with Crippen LogP contribution in [0.4, 0.5) is 0 Å². The van der Waals surface area contributed by atoms with Crippen LogP contribution in [-0.2, 0) is 6.54 Å². The molecule has 0 bridgehead atoms. The Hall–Kier alpha value is -1.46. The maximum Gasteiger partial charge on any atom is 0.250 e. The minimum atomic E-state index is -0.477. The summed E-state index contributed by atoms with van der Waals surface area (Å²) in [5.41, 5.74) is 8.64. The molecule has 0 saturated carbocycles. The van der Waals surface area contributed by atoms with Crippen LogP contribution in [0.1, 0.15) is 16.1 Å². The van der Waals surface area contributed by atoms with Gasteiger partial charge >= 0.3 is 0 Å². The minimum absolute atomic E-state index is 0.399. The molecule has 0 atom stereocenters. The fraction of sp³-hybridized carbons (Fsp3) is 0.143. The van der Waals surface area contributed by atoms with Crippen LogP contribution in [0, 0.1) is 0 Å². The lowest BCUT2D eigenvalue weighted by molar-refractivity contribution is 0.1000. The van der Waals surface area contributed by atoms with Crippen molar-refractivity contribution < 1.29 is 4.79 Å². The molecule has 12 heavy (non-hydrogen) atoms. The standard InChI is InChI=1S/C7H10N4O/c8-7(12)5-1-2-6(4-11-9)10-3-5/h1-3,11H,4,9H2,(H2,8,12). The third-order valence-electron chi connectivity index (χ3n) is 1.39. The van der Waals surface area contributed by atoms with Crippen molar-refractivity contribution >= 4 is 5.91 Å². The lowest BCUT2D eigenvalue weighted by Crippen LogP contribution is -2.21. The molecule has 5 N–H and O–H groups in total. The molecule has 1 amide bonds. The van der Waals surface area contributed by atoms with E-state index in [0.29, 0.717) is 12.1 Å². The van der Waals surface area contributed by atoms with Gasteiger partial charge in [0.25, 0.3) is 0 Å². The number of pyridine rings is 1. The molecule has 64 valence electrons. The molecule has 1 heterocycles. The Morgan fingerprint density at radius 3 is 2.75 bits per heavy atom. The van der Waals surface area contributed by atoms with Gasteiger partial charge in [0.2, 0.25) is 5.91 Å². The number of nitrogens with two attached hydrogens (primary N) is 2. The normalized spacial score (nSPS) is 9.75. The van der Waals surface area contributed by atoms with E-state index in [-0.39, 0.29) is 0 Å². The Balaban J connectivity index is 2.78. The molecule has 1 aromatic heterocycles. The summed E-state index contributed by atoms with van der Waals surface area (Å²) in [5, 5.41) is 0. The summed E-state index contributed by atoms with van der Waals surface area (Å²) in [4.78, 5) is 14.6. The summed E-state index contributed by atoms with van der Waals surface area (Å²) >= 11 is 0. The molecule has 0 unspecified atom stereocenters. The molecular formula is C7H10N4O. The maximum absolute atomic E-state index is 10.6. The molecule has 0 aliphatic rings. The summed E-state index contributed by atoms with van der Waals surface area (Å²) in [7, 11) is 0. The lowest BCUT2D eigenvalue weighted by atomic mass is 10.2. The second-order valence-electron chi connectivity index (χ2n) is 2.28. The van der Waals surface area contributed by atoms with Crippen LogP contribution < -0.4 is 17.0 Å². The second kappa shape index (κ2) is 3.80. The van der Waals surface area contributed by atoms with Crippen LogP contribution in [0.2, 0.25) is 0 Å². The average molecular weight is 166 g/mol. The molecule has 5 heteroatoms. The van der Waals surface area contributed by atoms with Crippen molar-refractivity contribution in [3.05, 3.63) is 29.6 Å². The zero-order valence-electron chi connectivity index (χ0n) is 6.45. The summed E-state index contributed by atoms with van der Waals surface area (Å²) in [6, 6.07) is 3.31. The monoisotopic (exact) mass is 166 g/mol. The number of carbonyl (C=O) groups is 1. The topological polar surface area (TPSA) is 94.0 Å². The predicted molar refractivity (Wildman–Crippen MR) is 43.8 cm³/mol. The van der Waals surface area contributed by atoms with Gasteiger partial charge in [0.1, 0.15) is 0 Å². The Morgan fingerprint density at radius 1 is 1.58 bits per heavy atom. The van der Waals surface area contributed by atoms with Crippen LogP contribution in [0.3, 0.4) is 0 Å². The van der Waals surface area contributed by atoms with Crippen molar-refractivity contribution in [3.8, 4) is 0 Å². The van der Waals surface area contributed by atoms with Gasteiger partial charge in [-0.25, -0.2) is 0 Å². The molecule has 0 saturated heterocycles. The first-order chi connectivity index (χ1) is 5.74. The van der Waals surface area contributed by atoms with E-state index in [9.17, 15) is 4.79 Å². The van der Waals surface area contributed by atoms with Crippen molar-refractivity contribution in [3.63, 3.8) is 0 Å². The maximum atomic E-state index is 10.6. The highest BCUT2D eigenvalue weighted by Gasteiger charge is 1.99. The third kappa shape index (κ3) is 2.01. The number of primary amides is 1. The highest BCUT2D eigenvalue weighted by molar-refractivity contribution is 5.92. The molecule has 1 aromatic rings. The van der Waals surface area contributed by atoms with E-state index in [2.05, 4.69) is 10.4 Å². The van der Waals surface area contributed by atoms with E-state index in [4.69, 9.17) is 11.6 Å². The van der Waals surface area contributed by atoms with Gasteiger partial charge in [0.05, 0.1) is 17.8 Å². The molecule has 1 rings (SSSR count). The Bertz CT molecular complexity index is 269. The molecular weight excluding hydrogens is 156 g/mol. The van der Waals surface area contributed by atoms with E-state index >= 15 is 0 Å². The molecule has 0 aliphatic heterocycles. The molecule has 0 aromatic carbocycles. The van der Waals surface area contributed by atoms with Gasteiger partial charge in [-0.3, -0.25) is 21.0 Å². The van der Waals surface area contributed by atoms with Crippen LogP contribution in [0.25, 0.3) is 0 Å². The molecule has 5 nitrogen and oxygen atoms in total. The number of rotatable bonds is 3. The minimum Gasteiger partial charge on any atom is -0.366 e. The van der Waals surface area contributed by atoms with E-state index in [1.165, 1.54) is 6.20 Å². The quantitative estimate of drug-likeness (QED) is 0.402. The third-order valence-corrected chi connectivity index (χ3v) is 1.39. The Kier molecular flexibility index (Phi) is 2.73. The highest BCUT2D eigenvalue weighted by atomic mass is 16.1. The average Bonchev–Trinajstić information content (AvgIpc) is 2.06. The molecule has 0 fully saturated rings. The van der Waals surface area contributed by atoms with Crippen LogP contribution >= 0.6 is 0 Å². The Morgan fingerprint density at radius 2 is 2.33 bits per heavy atom. The van der Waals surface area contributed by atoms with E-state index < -0.39 is 5.91 Å². The van der Waals surface area contributed by atoms with Gasteiger partial charge in [-0.2, -0.15) is 0 Å². The zero-order valence-corrected chi connectivity index (χ0v) is 6.45. The van der Waals surface area contributed by atoms with Crippen molar-refractivity contribution in [1.29, 1.82) is 0 Å². The number of aromatic nitrogens is 1. The van der Waals surface area contributed by atoms with Crippen LogP contribution in [0.15, 0.2) is 18.3 Å². The van der Waals surface area contributed by atoms with Gasteiger partial charge in [-0.15, -0.1) is 0 Å². The largest absolute Gasteiger partial charge is 0.366 e. The van der Waals surface area contributed by atoms with Crippen molar-refractivity contribution in [2.75, 3.05) is 0 Å². The first kappa shape index (κ1) is 8.63. The highest BCUT2D eigenvalue weighted by Crippen LogP contribution is 1.98. The van der Waals surface area contributed by atoms with Gasteiger partial charge in [-0.1, -0.05) is 0 Å². The zero-order chi connectivity index (χ0) is 8.97. The number of hydrogen-bond donors (Lipinski definition) is 3. The van der Waals surface area contributed by atoms with E-state index in [0.717, 1.165) is 5.69 Å². The summed E-state index contributed by atoms with van der Waals surface area (Å²) in [6.07, 6.45) is 1.43. The first-order valence-electron chi connectivity index (χ1n) is 3.42. The van der Waals surface area contributed by atoms with Gasteiger partial charge in [0.15, 0.2) is 0 Å². The second-order valence-corrected chi connectivity index (χ2v) is 2.28. The van der Waals surface area contributed by atoms with Crippen LogP contribution in [-0.4, -0.2) is 10.9 Å². The van der Waals surface area contributed by atoms with E-state index in [1.54, 1.807) is 12.1 Å².